The summed E-state index contributed by atoms with van der Waals surface area (Å²) in [5.74, 6) is 0.207. The van der Waals surface area contributed by atoms with Crippen LogP contribution in [0.3, 0.4) is 0 Å². The minimum atomic E-state index is -0.712. The molecule has 0 aliphatic carbocycles. The van der Waals surface area contributed by atoms with Crippen LogP contribution < -0.4 is 10.6 Å². The standard InChI is InChI=1S/C22H24ClN7O4/c1-4-22(11-33-12-22)20(31)26-14-7-8-16(25-10-14)17-19(30(3)29-28-17)27-21(32)34-13(2)15-6-5-9-24-18(15)23/h5-10,13H,4,11-12H2,1-3H3,(H,26,31)(H,27,32)/t13-/m1/s1. The number of nitrogens with one attached hydrogen (secondary N) is 2. The number of nitrogens with zero attached hydrogens (tertiary/aromatic N) is 5. The molecule has 1 aliphatic rings. The van der Waals surface area contributed by atoms with Crippen molar-refractivity contribution in [2.24, 2.45) is 12.5 Å². The first-order chi connectivity index (χ1) is 16.3. The highest BCUT2D eigenvalue weighted by Gasteiger charge is 2.44. The van der Waals surface area contributed by atoms with Crippen molar-refractivity contribution in [3.8, 4) is 11.4 Å². The Hall–Kier alpha value is -3.57. The van der Waals surface area contributed by atoms with Gasteiger partial charge in [0, 0.05) is 18.8 Å². The zero-order chi connectivity index (χ0) is 24.3. The lowest BCUT2D eigenvalue weighted by Crippen LogP contribution is -2.51. The SMILES string of the molecule is CCC1(C(=O)Nc2ccc(-c3nnn(C)c3NC(=O)O[C@H](C)c3cccnc3Cl)nc2)COC1. The third kappa shape index (κ3) is 4.70. The van der Waals surface area contributed by atoms with Gasteiger partial charge in [-0.25, -0.2) is 14.5 Å². The van der Waals surface area contributed by atoms with E-state index in [4.69, 9.17) is 21.1 Å². The summed E-state index contributed by atoms with van der Waals surface area (Å²) in [6.45, 7) is 4.48. The molecule has 1 saturated heterocycles. The van der Waals surface area contributed by atoms with E-state index in [1.807, 2.05) is 6.92 Å². The Balaban J connectivity index is 1.44. The third-order valence-corrected chi connectivity index (χ3v) is 6.05. The van der Waals surface area contributed by atoms with Crippen LogP contribution >= 0.6 is 11.6 Å². The maximum Gasteiger partial charge on any atom is 0.413 e. The molecule has 0 unspecified atom stereocenters. The molecule has 2 N–H and O–H groups in total. The van der Waals surface area contributed by atoms with Gasteiger partial charge in [-0.05, 0) is 31.5 Å². The van der Waals surface area contributed by atoms with Crippen LogP contribution in [0.1, 0.15) is 31.9 Å². The Morgan fingerprint density at radius 3 is 2.68 bits per heavy atom. The fraction of sp³-hybridized carbons (Fsp3) is 0.364. The molecular weight excluding hydrogens is 462 g/mol. The average molecular weight is 486 g/mol. The molecule has 178 valence electrons. The minimum absolute atomic E-state index is 0.0942. The number of ether oxygens (including phenoxy) is 2. The van der Waals surface area contributed by atoms with Gasteiger partial charge < -0.3 is 14.8 Å². The number of aromatic nitrogens is 5. The molecular formula is C22H24ClN7O4. The van der Waals surface area contributed by atoms with Gasteiger partial charge in [-0.2, -0.15) is 0 Å². The van der Waals surface area contributed by atoms with Crippen molar-refractivity contribution >= 4 is 35.1 Å². The molecule has 0 radical (unpaired) electrons. The molecule has 0 spiro atoms. The van der Waals surface area contributed by atoms with Crippen LogP contribution in [0.5, 0.6) is 0 Å². The van der Waals surface area contributed by atoms with Crippen LogP contribution in [0.25, 0.3) is 11.4 Å². The van der Waals surface area contributed by atoms with Crippen LogP contribution in [0.4, 0.5) is 16.3 Å². The number of amides is 2. The van der Waals surface area contributed by atoms with E-state index in [1.165, 1.54) is 10.9 Å². The Kier molecular flexibility index (Phi) is 6.75. The number of pyridine rings is 2. The van der Waals surface area contributed by atoms with Crippen LogP contribution in [0.2, 0.25) is 5.15 Å². The lowest BCUT2D eigenvalue weighted by atomic mass is 9.82. The number of carbonyl (C=O) groups excluding carboxylic acids is 2. The number of rotatable bonds is 7. The van der Waals surface area contributed by atoms with Gasteiger partial charge in [-0.3, -0.25) is 15.1 Å². The van der Waals surface area contributed by atoms with Gasteiger partial charge in [-0.15, -0.1) is 5.10 Å². The second-order valence-electron chi connectivity index (χ2n) is 7.98. The predicted octanol–water partition coefficient (Wildman–Crippen LogP) is 3.60. The molecule has 11 nitrogen and oxygen atoms in total. The van der Waals surface area contributed by atoms with Crippen molar-refractivity contribution in [1.82, 2.24) is 25.0 Å². The summed E-state index contributed by atoms with van der Waals surface area (Å²) in [5.41, 5.74) is 1.45. The molecule has 4 rings (SSSR count). The molecule has 1 fully saturated rings. The first kappa shape index (κ1) is 23.6. The lowest BCUT2D eigenvalue weighted by molar-refractivity contribution is -0.156. The van der Waals surface area contributed by atoms with Crippen molar-refractivity contribution in [2.45, 2.75) is 26.4 Å². The van der Waals surface area contributed by atoms with Crippen LogP contribution in [-0.2, 0) is 21.3 Å². The number of carbonyl (C=O) groups is 2. The average Bonchev–Trinajstić information content (AvgIpc) is 3.14. The van der Waals surface area contributed by atoms with Crippen molar-refractivity contribution in [1.29, 1.82) is 0 Å². The molecule has 34 heavy (non-hydrogen) atoms. The fourth-order valence-electron chi connectivity index (χ4n) is 3.44. The summed E-state index contributed by atoms with van der Waals surface area (Å²) < 4.78 is 12.1. The van der Waals surface area contributed by atoms with E-state index in [-0.39, 0.29) is 11.1 Å². The van der Waals surface area contributed by atoms with Gasteiger partial charge >= 0.3 is 6.09 Å². The highest BCUT2D eigenvalue weighted by molar-refractivity contribution is 6.30. The van der Waals surface area contributed by atoms with Crippen molar-refractivity contribution in [3.05, 3.63) is 47.4 Å². The molecule has 1 aliphatic heterocycles. The summed E-state index contributed by atoms with van der Waals surface area (Å²) in [4.78, 5) is 33.5. The minimum Gasteiger partial charge on any atom is -0.441 e. The van der Waals surface area contributed by atoms with E-state index >= 15 is 0 Å². The number of anilines is 2. The smallest absolute Gasteiger partial charge is 0.413 e. The Morgan fingerprint density at radius 2 is 2.06 bits per heavy atom. The van der Waals surface area contributed by atoms with E-state index in [9.17, 15) is 9.59 Å². The quantitative estimate of drug-likeness (QED) is 0.485. The van der Waals surface area contributed by atoms with Gasteiger partial charge in [0.2, 0.25) is 5.91 Å². The number of aryl methyl sites for hydroxylation is 1. The molecule has 0 aromatic carbocycles. The van der Waals surface area contributed by atoms with Gasteiger partial charge in [-0.1, -0.05) is 29.8 Å². The number of hydrogen-bond acceptors (Lipinski definition) is 8. The molecule has 0 bridgehead atoms. The second kappa shape index (κ2) is 9.74. The molecule has 1 atom stereocenters. The van der Waals surface area contributed by atoms with Crippen molar-refractivity contribution in [3.63, 3.8) is 0 Å². The Morgan fingerprint density at radius 1 is 1.26 bits per heavy atom. The van der Waals surface area contributed by atoms with Crippen molar-refractivity contribution < 1.29 is 19.1 Å². The Bertz CT molecular complexity index is 1190. The zero-order valence-corrected chi connectivity index (χ0v) is 19.7. The summed E-state index contributed by atoms with van der Waals surface area (Å²) in [5, 5.41) is 13.9. The van der Waals surface area contributed by atoms with E-state index in [2.05, 4.69) is 30.9 Å². The molecule has 4 heterocycles. The normalized spacial score (nSPS) is 15.2. The maximum atomic E-state index is 12.6. The summed E-state index contributed by atoms with van der Waals surface area (Å²) in [6.07, 6.45) is 2.44. The molecule has 2 amide bonds. The monoisotopic (exact) mass is 485 g/mol. The molecule has 3 aromatic rings. The summed E-state index contributed by atoms with van der Waals surface area (Å²) >= 11 is 6.08. The molecule has 0 saturated carbocycles. The van der Waals surface area contributed by atoms with Gasteiger partial charge in [0.1, 0.15) is 11.3 Å². The maximum absolute atomic E-state index is 12.6. The third-order valence-electron chi connectivity index (χ3n) is 5.74. The zero-order valence-electron chi connectivity index (χ0n) is 18.9. The first-order valence-corrected chi connectivity index (χ1v) is 11.0. The lowest BCUT2D eigenvalue weighted by Gasteiger charge is -2.38. The topological polar surface area (TPSA) is 133 Å². The fourth-order valence-corrected chi connectivity index (χ4v) is 3.71. The van der Waals surface area contributed by atoms with Gasteiger partial charge in [0.15, 0.2) is 11.5 Å². The highest BCUT2D eigenvalue weighted by Crippen LogP contribution is 2.33. The summed E-state index contributed by atoms with van der Waals surface area (Å²) in [7, 11) is 1.63. The largest absolute Gasteiger partial charge is 0.441 e. The number of halogens is 1. The first-order valence-electron chi connectivity index (χ1n) is 10.7. The Labute approximate surface area is 200 Å². The van der Waals surface area contributed by atoms with Crippen LogP contribution in [0.15, 0.2) is 36.7 Å². The van der Waals surface area contributed by atoms with Gasteiger partial charge in [0.25, 0.3) is 0 Å². The highest BCUT2D eigenvalue weighted by atomic mass is 35.5. The van der Waals surface area contributed by atoms with E-state index in [0.29, 0.717) is 48.1 Å². The van der Waals surface area contributed by atoms with Crippen LogP contribution in [0, 0.1) is 5.41 Å². The number of hydrogen-bond donors (Lipinski definition) is 2. The van der Waals surface area contributed by atoms with Gasteiger partial charge in [0.05, 0.1) is 36.2 Å². The van der Waals surface area contributed by atoms with E-state index in [1.54, 1.807) is 44.4 Å². The van der Waals surface area contributed by atoms with E-state index in [0.717, 1.165) is 0 Å². The predicted molar refractivity (Wildman–Crippen MR) is 124 cm³/mol. The second-order valence-corrected chi connectivity index (χ2v) is 8.34. The molecule has 12 heteroatoms. The summed E-state index contributed by atoms with van der Waals surface area (Å²) in [6, 6.07) is 6.84. The van der Waals surface area contributed by atoms with Crippen molar-refractivity contribution in [2.75, 3.05) is 23.8 Å². The molecule has 3 aromatic heterocycles. The van der Waals surface area contributed by atoms with Crippen LogP contribution in [-0.4, -0.2) is 50.2 Å². The van der Waals surface area contributed by atoms with E-state index < -0.39 is 17.6 Å².